The molecule has 12 nitrogen and oxygen atoms in total. The number of ether oxygens (including phenoxy) is 3. The Balaban J connectivity index is 1.24. The summed E-state index contributed by atoms with van der Waals surface area (Å²) in [5, 5.41) is 5.19. The number of carbonyl (C=O) groups excluding carboxylic acids is 3. The van der Waals surface area contributed by atoms with E-state index >= 15 is 0 Å². The summed E-state index contributed by atoms with van der Waals surface area (Å²) in [5.74, 6) is -1.73. The molecule has 2 aromatic rings. The Bertz CT molecular complexity index is 1480. The van der Waals surface area contributed by atoms with Gasteiger partial charge in [0.25, 0.3) is 5.91 Å². The van der Waals surface area contributed by atoms with Gasteiger partial charge in [0.1, 0.15) is 5.60 Å². The molecule has 0 saturated carbocycles. The maximum absolute atomic E-state index is 13.2. The minimum atomic E-state index is -5.00. The molecule has 0 radical (unpaired) electrons. The summed E-state index contributed by atoms with van der Waals surface area (Å²) in [5.41, 5.74) is 6.65. The normalized spacial score (nSPS) is 20.8. The number of fused-ring (bicyclic) bond motifs is 2. The van der Waals surface area contributed by atoms with Crippen LogP contribution in [-0.2, 0) is 14.3 Å². The number of nitrogens with zero attached hydrogens (tertiary/aromatic N) is 3. The predicted octanol–water partition coefficient (Wildman–Crippen LogP) is 4.67. The number of alkyl halides is 3. The minimum Gasteiger partial charge on any atom is -0.444 e. The quantitative estimate of drug-likeness (QED) is 0.361. The van der Waals surface area contributed by atoms with Gasteiger partial charge in [0.05, 0.1) is 29.5 Å². The average molecular weight is 663 g/mol. The third-order valence-electron chi connectivity index (χ3n) is 8.30. The molecule has 3 heterocycles. The predicted molar refractivity (Wildman–Crippen MR) is 170 cm³/mol. The third kappa shape index (κ3) is 8.77. The van der Waals surface area contributed by atoms with Gasteiger partial charge in [-0.05, 0) is 76.9 Å². The molecule has 5 rings (SSSR count). The van der Waals surface area contributed by atoms with Crippen LogP contribution >= 0.6 is 0 Å². The lowest BCUT2D eigenvalue weighted by molar-refractivity contribution is -0.274. The lowest BCUT2D eigenvalue weighted by Crippen LogP contribution is -2.51. The highest BCUT2D eigenvalue weighted by Gasteiger charge is 2.38. The van der Waals surface area contributed by atoms with Gasteiger partial charge in [0.15, 0.2) is 5.75 Å². The molecule has 15 heteroatoms. The van der Waals surface area contributed by atoms with E-state index in [4.69, 9.17) is 15.2 Å². The van der Waals surface area contributed by atoms with Crippen molar-refractivity contribution in [2.75, 3.05) is 60.5 Å². The van der Waals surface area contributed by atoms with Gasteiger partial charge in [-0.25, -0.2) is 4.79 Å². The minimum absolute atomic E-state index is 0.0301. The monoisotopic (exact) mass is 662 g/mol. The number of nitrogen functional groups attached to an aromatic ring is 1. The van der Waals surface area contributed by atoms with Crippen LogP contribution in [0.5, 0.6) is 5.75 Å². The Kier molecular flexibility index (Phi) is 9.78. The van der Waals surface area contributed by atoms with E-state index in [2.05, 4.69) is 15.4 Å². The Labute approximate surface area is 271 Å². The Morgan fingerprint density at radius 1 is 0.957 bits per heavy atom. The molecule has 3 unspecified atom stereocenters. The molecule has 2 aromatic carbocycles. The van der Waals surface area contributed by atoms with Gasteiger partial charge in [-0.3, -0.25) is 14.5 Å². The first-order valence-electron chi connectivity index (χ1n) is 15.6. The van der Waals surface area contributed by atoms with E-state index in [1.54, 1.807) is 30.0 Å². The fourth-order valence-corrected chi connectivity index (χ4v) is 5.91. The van der Waals surface area contributed by atoms with E-state index in [1.165, 1.54) is 12.1 Å². The smallest absolute Gasteiger partial charge is 0.444 e. The SMILES string of the molecule is CC(C(=O)Nc1cc(NC(=O)c2ccc(N3CCN(C(=O)OC(C)(C)C)CC3)cc2N)ccc1OC(F)(F)F)N1CC2CCC(C1)O2. The van der Waals surface area contributed by atoms with Crippen LogP contribution in [0.1, 0.15) is 50.9 Å². The number of rotatable bonds is 7. The zero-order chi connectivity index (χ0) is 34.1. The number of anilines is 4. The zero-order valence-electron chi connectivity index (χ0n) is 26.9. The van der Waals surface area contributed by atoms with Crippen molar-refractivity contribution >= 4 is 40.7 Å². The number of likely N-dealkylation sites (tertiary alicyclic amines) is 1. The summed E-state index contributed by atoms with van der Waals surface area (Å²) in [4.78, 5) is 44.4. The second-order valence-electron chi connectivity index (χ2n) is 13.0. The fraction of sp³-hybridized carbons (Fsp3) is 0.531. The van der Waals surface area contributed by atoms with Crippen LogP contribution in [0.2, 0.25) is 0 Å². The Hall–Kier alpha value is -4.24. The summed E-state index contributed by atoms with van der Waals surface area (Å²) in [7, 11) is 0. The van der Waals surface area contributed by atoms with Gasteiger partial charge >= 0.3 is 12.5 Å². The number of halogens is 3. The molecule has 0 spiro atoms. The number of piperazine rings is 1. The maximum Gasteiger partial charge on any atom is 0.573 e. The number of carbonyl (C=O) groups is 3. The molecule has 3 fully saturated rings. The average Bonchev–Trinajstić information content (AvgIpc) is 3.33. The Morgan fingerprint density at radius 3 is 2.21 bits per heavy atom. The highest BCUT2D eigenvalue weighted by atomic mass is 19.4. The van der Waals surface area contributed by atoms with Gasteiger partial charge < -0.3 is 40.4 Å². The van der Waals surface area contributed by atoms with Crippen molar-refractivity contribution in [1.29, 1.82) is 0 Å². The van der Waals surface area contributed by atoms with Crippen molar-refractivity contribution in [3.8, 4) is 5.75 Å². The van der Waals surface area contributed by atoms with Gasteiger partial charge in [0.2, 0.25) is 5.91 Å². The number of nitrogens with one attached hydrogen (secondary N) is 2. The van der Waals surface area contributed by atoms with Crippen LogP contribution in [0.25, 0.3) is 0 Å². The maximum atomic E-state index is 13.2. The zero-order valence-corrected chi connectivity index (χ0v) is 26.9. The van der Waals surface area contributed by atoms with Crippen LogP contribution in [0.3, 0.4) is 0 Å². The molecular weight excluding hydrogens is 621 g/mol. The van der Waals surface area contributed by atoms with Gasteiger partial charge in [0, 0.05) is 56.3 Å². The molecule has 3 amide bonds. The first kappa shape index (κ1) is 34.1. The Morgan fingerprint density at radius 2 is 1.62 bits per heavy atom. The molecule has 3 aliphatic heterocycles. The van der Waals surface area contributed by atoms with Crippen molar-refractivity contribution in [2.45, 2.75) is 70.7 Å². The molecule has 3 saturated heterocycles. The summed E-state index contributed by atoms with van der Waals surface area (Å²) in [6.45, 7) is 10.2. The molecule has 2 bridgehead atoms. The van der Waals surface area contributed by atoms with E-state index in [0.717, 1.165) is 24.6 Å². The van der Waals surface area contributed by atoms with Gasteiger partial charge in [-0.15, -0.1) is 13.2 Å². The van der Waals surface area contributed by atoms with Gasteiger partial charge in [-0.1, -0.05) is 0 Å². The standard InChI is InChI=1S/C32H41F3N6O6/c1-19(41-17-22-7-8-23(18-41)45-22)28(42)38-26-15-20(5-10-27(26)46-32(33,34)35)37-29(43)24-9-6-21(16-25(24)36)39-11-13-40(14-12-39)30(44)47-31(2,3)4/h5-6,9-10,15-16,19,22-23H,7-8,11-14,17-18,36H2,1-4H3,(H,37,43)(H,38,42). The molecule has 0 aromatic heterocycles. The highest BCUT2D eigenvalue weighted by molar-refractivity contribution is 6.08. The molecule has 0 aliphatic carbocycles. The van der Waals surface area contributed by atoms with Crippen molar-refractivity contribution < 1.29 is 41.8 Å². The topological polar surface area (TPSA) is 139 Å². The van der Waals surface area contributed by atoms with Crippen LogP contribution < -0.4 is 26.0 Å². The van der Waals surface area contributed by atoms with Crippen LogP contribution in [0.15, 0.2) is 36.4 Å². The molecule has 4 N–H and O–H groups in total. The number of hydrogen-bond donors (Lipinski definition) is 3. The van der Waals surface area contributed by atoms with Crippen molar-refractivity contribution in [2.24, 2.45) is 0 Å². The number of hydrogen-bond acceptors (Lipinski definition) is 9. The van der Waals surface area contributed by atoms with Crippen LogP contribution in [0.4, 0.5) is 40.7 Å². The number of benzene rings is 2. The van der Waals surface area contributed by atoms with Gasteiger partial charge in [-0.2, -0.15) is 0 Å². The van der Waals surface area contributed by atoms with Crippen molar-refractivity contribution in [3.63, 3.8) is 0 Å². The number of amides is 3. The lowest BCUT2D eigenvalue weighted by atomic mass is 10.1. The third-order valence-corrected chi connectivity index (χ3v) is 8.30. The fourth-order valence-electron chi connectivity index (χ4n) is 5.91. The van der Waals surface area contributed by atoms with Crippen LogP contribution in [-0.4, -0.2) is 97.2 Å². The van der Waals surface area contributed by atoms with E-state index < -0.39 is 35.6 Å². The number of morpholine rings is 1. The summed E-state index contributed by atoms with van der Waals surface area (Å²) in [6, 6.07) is 7.79. The first-order valence-corrected chi connectivity index (χ1v) is 15.6. The van der Waals surface area contributed by atoms with E-state index in [9.17, 15) is 27.6 Å². The first-order chi connectivity index (χ1) is 22.0. The van der Waals surface area contributed by atoms with Crippen molar-refractivity contribution in [3.05, 3.63) is 42.0 Å². The summed E-state index contributed by atoms with van der Waals surface area (Å²) >= 11 is 0. The summed E-state index contributed by atoms with van der Waals surface area (Å²) in [6.07, 6.45) is -3.51. The lowest BCUT2D eigenvalue weighted by Gasteiger charge is -2.36. The number of nitrogens with two attached hydrogens (primary N) is 1. The second kappa shape index (κ2) is 13.5. The molecular formula is C32H41F3N6O6. The van der Waals surface area contributed by atoms with E-state index in [0.29, 0.717) is 39.3 Å². The molecule has 3 atom stereocenters. The molecule has 256 valence electrons. The molecule has 3 aliphatic rings. The van der Waals surface area contributed by atoms with Crippen molar-refractivity contribution in [1.82, 2.24) is 9.80 Å². The highest BCUT2D eigenvalue weighted by Crippen LogP contribution is 2.34. The second-order valence-corrected chi connectivity index (χ2v) is 13.0. The summed E-state index contributed by atoms with van der Waals surface area (Å²) < 4.78 is 55.0. The largest absolute Gasteiger partial charge is 0.573 e. The van der Waals surface area contributed by atoms with E-state index in [-0.39, 0.29) is 40.9 Å². The molecule has 47 heavy (non-hydrogen) atoms. The van der Waals surface area contributed by atoms with E-state index in [1.807, 2.05) is 30.6 Å². The van der Waals surface area contributed by atoms with Crippen LogP contribution in [0, 0.1) is 0 Å².